The maximum Gasteiger partial charge on any atom is 0.338 e. The van der Waals surface area contributed by atoms with Crippen molar-refractivity contribution in [1.82, 2.24) is 0 Å². The van der Waals surface area contributed by atoms with Gasteiger partial charge in [0.1, 0.15) is 18.1 Å². The van der Waals surface area contributed by atoms with Gasteiger partial charge in [0.15, 0.2) is 6.10 Å². The Kier molecular flexibility index (Phi) is 12.1. The highest BCUT2D eigenvalue weighted by molar-refractivity contribution is 7.99. The lowest BCUT2D eigenvalue weighted by molar-refractivity contribution is -0.106. The predicted molar refractivity (Wildman–Crippen MR) is 166 cm³/mol. The highest BCUT2D eigenvalue weighted by Crippen LogP contribution is 2.33. The van der Waals surface area contributed by atoms with Crippen LogP contribution in [0.2, 0.25) is 0 Å². The molecule has 44 heavy (non-hydrogen) atoms. The zero-order valence-electron chi connectivity index (χ0n) is 24.4. The normalized spacial score (nSPS) is 14.3. The van der Waals surface area contributed by atoms with Crippen molar-refractivity contribution in [3.8, 4) is 0 Å². The molecule has 4 rings (SSSR count). The van der Waals surface area contributed by atoms with Gasteiger partial charge in [-0.25, -0.2) is 14.4 Å². The largest absolute Gasteiger partial charge is 0.459 e. The van der Waals surface area contributed by atoms with Gasteiger partial charge in [-0.15, -0.1) is 0 Å². The molecule has 228 valence electrons. The van der Waals surface area contributed by atoms with Crippen LogP contribution in [0, 0.1) is 5.92 Å². The van der Waals surface area contributed by atoms with Gasteiger partial charge in [-0.05, 0) is 48.5 Å². The van der Waals surface area contributed by atoms with Crippen molar-refractivity contribution in [2.45, 2.75) is 35.6 Å². The van der Waals surface area contributed by atoms with E-state index in [0.717, 1.165) is 4.90 Å². The summed E-state index contributed by atoms with van der Waals surface area (Å²) in [5.74, 6) is -2.84. The summed E-state index contributed by atoms with van der Waals surface area (Å²) in [5.41, 5.74) is 0.0237. The Morgan fingerprint density at radius 1 is 0.636 bits per heavy atom. The molecule has 8 nitrogen and oxygen atoms in total. The zero-order valence-corrected chi connectivity index (χ0v) is 25.2. The third-order valence-corrected chi connectivity index (χ3v) is 8.08. The Morgan fingerprint density at radius 2 is 1.05 bits per heavy atom. The Balaban J connectivity index is 1.66. The zero-order chi connectivity index (χ0) is 31.3. The molecule has 9 heteroatoms. The molecule has 0 aromatic heterocycles. The van der Waals surface area contributed by atoms with Gasteiger partial charge in [-0.1, -0.05) is 91.5 Å². The number of aliphatic hydroxyl groups is 1. The first kappa shape index (κ1) is 32.5. The SMILES string of the molecule is COC(Sc1ccccc1)C(OC(=O)c1ccccc1)C(OC(=O)c1ccccc1)C(C)[C@H](O)COC(=O)c1ccccc1. The molecule has 0 spiro atoms. The minimum atomic E-state index is -1.30. The first-order chi connectivity index (χ1) is 21.4. The Morgan fingerprint density at radius 3 is 1.50 bits per heavy atom. The van der Waals surface area contributed by atoms with Gasteiger partial charge in [0.05, 0.1) is 22.8 Å². The fourth-order valence-electron chi connectivity index (χ4n) is 4.35. The molecule has 0 fully saturated rings. The van der Waals surface area contributed by atoms with Crippen molar-refractivity contribution >= 4 is 29.7 Å². The van der Waals surface area contributed by atoms with E-state index in [2.05, 4.69) is 0 Å². The van der Waals surface area contributed by atoms with Crippen LogP contribution in [0.25, 0.3) is 0 Å². The van der Waals surface area contributed by atoms with E-state index >= 15 is 0 Å². The van der Waals surface area contributed by atoms with Gasteiger partial charge in [0, 0.05) is 17.9 Å². The number of carbonyl (C=O) groups excluding carboxylic acids is 3. The number of methoxy groups -OCH3 is 1. The summed E-state index contributed by atoms with van der Waals surface area (Å²) < 4.78 is 23.3. The van der Waals surface area contributed by atoms with Crippen LogP contribution in [-0.2, 0) is 18.9 Å². The molecule has 4 unspecified atom stereocenters. The van der Waals surface area contributed by atoms with Gasteiger partial charge in [0.2, 0.25) is 0 Å². The molecule has 0 radical (unpaired) electrons. The van der Waals surface area contributed by atoms with Crippen molar-refractivity contribution in [2.75, 3.05) is 13.7 Å². The molecular formula is C35H34O8S. The second-order valence-corrected chi connectivity index (χ2v) is 11.1. The standard InChI is InChI=1S/C35H34O8S/c1-24(29(36)23-41-32(37)25-15-7-3-8-16-25)30(42-33(38)26-17-9-4-10-18-26)31(43-34(39)27-19-11-5-12-20-27)35(40-2)44-28-21-13-6-14-22-28/h3-22,24,29-31,35-36H,23H2,1-2H3/t24?,29-,30?,31?,35?/m1/s1. The number of thioether (sulfide) groups is 1. The third kappa shape index (κ3) is 9.03. The van der Waals surface area contributed by atoms with E-state index in [0.29, 0.717) is 5.56 Å². The molecule has 0 saturated heterocycles. The average molecular weight is 615 g/mol. The minimum absolute atomic E-state index is 0.271. The van der Waals surface area contributed by atoms with Crippen LogP contribution in [0.3, 0.4) is 0 Å². The molecule has 0 heterocycles. The van der Waals surface area contributed by atoms with Gasteiger partial charge in [-0.2, -0.15) is 0 Å². The van der Waals surface area contributed by atoms with Gasteiger partial charge in [0.25, 0.3) is 0 Å². The smallest absolute Gasteiger partial charge is 0.338 e. The second kappa shape index (κ2) is 16.4. The van der Waals surface area contributed by atoms with Crippen molar-refractivity contribution in [3.63, 3.8) is 0 Å². The number of esters is 3. The van der Waals surface area contributed by atoms with Crippen LogP contribution in [-0.4, -0.2) is 60.5 Å². The van der Waals surface area contributed by atoms with E-state index in [4.69, 9.17) is 18.9 Å². The van der Waals surface area contributed by atoms with E-state index in [1.807, 2.05) is 30.3 Å². The van der Waals surface area contributed by atoms with Crippen molar-refractivity contribution < 1.29 is 38.4 Å². The lowest BCUT2D eigenvalue weighted by atomic mass is 9.93. The van der Waals surface area contributed by atoms with Crippen LogP contribution in [0.4, 0.5) is 0 Å². The number of benzene rings is 4. The van der Waals surface area contributed by atoms with Crippen LogP contribution in [0.1, 0.15) is 38.0 Å². The number of carbonyl (C=O) groups is 3. The molecule has 4 aromatic rings. The molecule has 0 saturated carbocycles. The third-order valence-electron chi connectivity index (χ3n) is 6.84. The Hall–Kier alpha value is -4.44. The molecule has 1 N–H and O–H groups in total. The van der Waals surface area contributed by atoms with Crippen molar-refractivity contribution in [2.24, 2.45) is 5.92 Å². The highest BCUT2D eigenvalue weighted by atomic mass is 32.2. The summed E-state index contributed by atoms with van der Waals surface area (Å²) in [6, 6.07) is 34.5. The Labute approximate surface area is 260 Å². The molecule has 0 amide bonds. The van der Waals surface area contributed by atoms with Crippen LogP contribution >= 0.6 is 11.8 Å². The summed E-state index contributed by atoms with van der Waals surface area (Å²) in [6.07, 6.45) is -3.71. The number of aliphatic hydroxyl groups excluding tert-OH is 1. The first-order valence-corrected chi connectivity index (χ1v) is 14.9. The molecule has 0 aliphatic heterocycles. The summed E-state index contributed by atoms with van der Waals surface area (Å²) >= 11 is 1.27. The number of ether oxygens (including phenoxy) is 4. The average Bonchev–Trinajstić information content (AvgIpc) is 3.08. The molecule has 0 bridgehead atoms. The maximum absolute atomic E-state index is 13.4. The van der Waals surface area contributed by atoms with Gasteiger partial charge < -0.3 is 24.1 Å². The van der Waals surface area contributed by atoms with E-state index in [9.17, 15) is 19.5 Å². The van der Waals surface area contributed by atoms with Gasteiger partial charge in [-0.3, -0.25) is 0 Å². The van der Waals surface area contributed by atoms with Crippen LogP contribution < -0.4 is 0 Å². The molecule has 4 aromatic carbocycles. The Bertz CT molecular complexity index is 1470. The maximum atomic E-state index is 13.4. The summed E-state index contributed by atoms with van der Waals surface area (Å²) in [4.78, 5) is 40.2. The first-order valence-electron chi connectivity index (χ1n) is 14.0. The predicted octanol–water partition coefficient (Wildman–Crippen LogP) is 6.06. The lowest BCUT2D eigenvalue weighted by Crippen LogP contribution is -2.50. The summed E-state index contributed by atoms with van der Waals surface area (Å²) in [5, 5.41) is 11.3. The van der Waals surface area contributed by atoms with Crippen molar-refractivity contribution in [1.29, 1.82) is 0 Å². The molecular weight excluding hydrogens is 580 g/mol. The van der Waals surface area contributed by atoms with E-state index in [1.165, 1.54) is 18.9 Å². The lowest BCUT2D eigenvalue weighted by Gasteiger charge is -2.36. The van der Waals surface area contributed by atoms with E-state index < -0.39 is 54.2 Å². The second-order valence-electron chi connectivity index (χ2n) is 9.90. The molecule has 5 atom stereocenters. The summed E-state index contributed by atoms with van der Waals surface area (Å²) in [7, 11) is 1.46. The van der Waals surface area contributed by atoms with Gasteiger partial charge >= 0.3 is 17.9 Å². The van der Waals surface area contributed by atoms with E-state index in [-0.39, 0.29) is 11.1 Å². The fraction of sp³-hybridized carbons (Fsp3) is 0.229. The number of rotatable bonds is 14. The van der Waals surface area contributed by atoms with Crippen molar-refractivity contribution in [3.05, 3.63) is 138 Å². The molecule has 0 aliphatic carbocycles. The summed E-state index contributed by atoms with van der Waals surface area (Å²) in [6.45, 7) is 1.24. The minimum Gasteiger partial charge on any atom is -0.459 e. The fourth-order valence-corrected chi connectivity index (χ4v) is 5.38. The highest BCUT2D eigenvalue weighted by Gasteiger charge is 2.43. The van der Waals surface area contributed by atoms with Crippen LogP contribution in [0.15, 0.2) is 126 Å². The number of hydrogen-bond acceptors (Lipinski definition) is 9. The van der Waals surface area contributed by atoms with Crippen LogP contribution in [0.5, 0.6) is 0 Å². The molecule has 0 aliphatic rings. The topological polar surface area (TPSA) is 108 Å². The monoisotopic (exact) mass is 614 g/mol. The quantitative estimate of drug-likeness (QED) is 0.0785. The van der Waals surface area contributed by atoms with E-state index in [1.54, 1.807) is 97.9 Å². The number of hydrogen-bond donors (Lipinski definition) is 1.